The van der Waals surface area contributed by atoms with Crippen LogP contribution < -0.4 is 0 Å². The first-order valence-electron chi connectivity index (χ1n) is 5.00. The number of sulfonamides is 1. The van der Waals surface area contributed by atoms with Crippen LogP contribution in [0.15, 0.2) is 33.6 Å². The van der Waals surface area contributed by atoms with Crippen molar-refractivity contribution in [1.82, 2.24) is 4.90 Å². The summed E-state index contributed by atoms with van der Waals surface area (Å²) in [5, 5.41) is 0. The van der Waals surface area contributed by atoms with Crippen LogP contribution in [0.5, 0.6) is 0 Å². The molecule has 0 spiro atoms. The first kappa shape index (κ1) is 13.5. The van der Waals surface area contributed by atoms with Gasteiger partial charge in [0.2, 0.25) is 0 Å². The molecule has 0 aromatic heterocycles. The summed E-state index contributed by atoms with van der Waals surface area (Å²) in [7, 11) is 0.986. The SMILES string of the molecule is CO/C(=N\S(=O)(=O)c1ccc(C)cc1)N(C)C. The number of hydrogen-bond donors (Lipinski definition) is 0. The van der Waals surface area contributed by atoms with Gasteiger partial charge in [-0.1, -0.05) is 17.7 Å². The van der Waals surface area contributed by atoms with Crippen molar-refractivity contribution in [2.24, 2.45) is 4.40 Å². The lowest BCUT2D eigenvalue weighted by atomic mass is 10.2. The van der Waals surface area contributed by atoms with Gasteiger partial charge in [-0.25, -0.2) is 0 Å². The molecule has 0 N–H and O–H groups in total. The van der Waals surface area contributed by atoms with Gasteiger partial charge in [-0.05, 0) is 19.1 Å². The predicted molar refractivity (Wildman–Crippen MR) is 66.5 cm³/mol. The highest BCUT2D eigenvalue weighted by Gasteiger charge is 2.15. The van der Waals surface area contributed by atoms with E-state index >= 15 is 0 Å². The molecule has 1 aromatic carbocycles. The summed E-state index contributed by atoms with van der Waals surface area (Å²) in [5.41, 5.74) is 0.993. The molecule has 0 fully saturated rings. The van der Waals surface area contributed by atoms with Crippen LogP contribution in [0.2, 0.25) is 0 Å². The molecular formula is C11H16N2O3S. The van der Waals surface area contributed by atoms with Crippen molar-refractivity contribution < 1.29 is 13.2 Å². The van der Waals surface area contributed by atoms with E-state index in [0.29, 0.717) is 0 Å². The molecule has 5 nitrogen and oxygen atoms in total. The van der Waals surface area contributed by atoms with E-state index in [-0.39, 0.29) is 10.9 Å². The Morgan fingerprint density at radius 2 is 1.76 bits per heavy atom. The number of methoxy groups -OCH3 is 1. The highest BCUT2D eigenvalue weighted by atomic mass is 32.2. The largest absolute Gasteiger partial charge is 0.468 e. The van der Waals surface area contributed by atoms with Gasteiger partial charge in [-0.2, -0.15) is 8.42 Å². The van der Waals surface area contributed by atoms with Gasteiger partial charge in [0, 0.05) is 14.1 Å². The lowest BCUT2D eigenvalue weighted by Gasteiger charge is -2.12. The normalized spacial score (nSPS) is 12.4. The first-order valence-corrected chi connectivity index (χ1v) is 6.44. The van der Waals surface area contributed by atoms with Crippen LogP contribution in [-0.4, -0.2) is 40.5 Å². The molecule has 0 saturated carbocycles. The lowest BCUT2D eigenvalue weighted by molar-refractivity contribution is 0.332. The van der Waals surface area contributed by atoms with E-state index in [1.807, 2.05) is 6.92 Å². The molecular weight excluding hydrogens is 240 g/mol. The zero-order valence-corrected chi connectivity index (χ0v) is 11.2. The van der Waals surface area contributed by atoms with Crippen molar-refractivity contribution in [2.45, 2.75) is 11.8 Å². The van der Waals surface area contributed by atoms with Crippen LogP contribution >= 0.6 is 0 Å². The van der Waals surface area contributed by atoms with Crippen molar-refractivity contribution in [1.29, 1.82) is 0 Å². The van der Waals surface area contributed by atoms with Crippen LogP contribution in [0.3, 0.4) is 0 Å². The first-order chi connectivity index (χ1) is 7.86. The number of amidine groups is 1. The van der Waals surface area contributed by atoms with Gasteiger partial charge in [0.05, 0.1) is 12.0 Å². The van der Waals surface area contributed by atoms with Crippen LogP contribution in [0, 0.1) is 6.92 Å². The number of rotatable bonds is 2. The Labute approximate surface area is 102 Å². The fourth-order valence-electron chi connectivity index (χ4n) is 1.17. The van der Waals surface area contributed by atoms with E-state index in [1.165, 1.54) is 24.1 Å². The molecule has 0 radical (unpaired) electrons. The molecule has 0 aliphatic rings. The smallest absolute Gasteiger partial charge is 0.302 e. The van der Waals surface area contributed by atoms with Crippen molar-refractivity contribution in [3.05, 3.63) is 29.8 Å². The average Bonchev–Trinajstić information content (AvgIpc) is 2.26. The molecule has 0 unspecified atom stereocenters. The number of benzene rings is 1. The highest BCUT2D eigenvalue weighted by molar-refractivity contribution is 7.90. The maximum atomic E-state index is 11.9. The number of aryl methyl sites for hydroxylation is 1. The Hall–Kier alpha value is -1.56. The third-order valence-corrected chi connectivity index (χ3v) is 3.35. The number of hydrogen-bond acceptors (Lipinski definition) is 3. The minimum absolute atomic E-state index is 0.0468. The summed E-state index contributed by atoms with van der Waals surface area (Å²) in [6.07, 6.45) is 0. The van der Waals surface area contributed by atoms with E-state index in [0.717, 1.165) is 5.56 Å². The third-order valence-electron chi connectivity index (χ3n) is 2.08. The maximum Gasteiger partial charge on any atom is 0.302 e. The monoisotopic (exact) mass is 256 g/mol. The Bertz CT molecular complexity index is 504. The zero-order chi connectivity index (χ0) is 13.1. The summed E-state index contributed by atoms with van der Waals surface area (Å²) in [5.74, 6) is 0. The average molecular weight is 256 g/mol. The van der Waals surface area contributed by atoms with Gasteiger partial charge >= 0.3 is 6.02 Å². The predicted octanol–water partition coefficient (Wildman–Crippen LogP) is 1.25. The summed E-state index contributed by atoms with van der Waals surface area (Å²) >= 11 is 0. The van der Waals surface area contributed by atoms with Gasteiger partial charge < -0.3 is 9.64 Å². The third kappa shape index (κ3) is 3.45. The van der Waals surface area contributed by atoms with Crippen molar-refractivity contribution in [2.75, 3.05) is 21.2 Å². The van der Waals surface area contributed by atoms with Crippen LogP contribution in [0.1, 0.15) is 5.56 Å². The minimum Gasteiger partial charge on any atom is -0.468 e. The molecule has 1 aromatic rings. The summed E-state index contributed by atoms with van der Waals surface area (Å²) in [4.78, 5) is 1.64. The summed E-state index contributed by atoms with van der Waals surface area (Å²) in [6, 6.07) is 6.55. The molecule has 0 amide bonds. The minimum atomic E-state index is -3.71. The molecule has 17 heavy (non-hydrogen) atoms. The summed E-state index contributed by atoms with van der Waals surface area (Å²) < 4.78 is 32.4. The second kappa shape index (κ2) is 5.18. The Morgan fingerprint density at radius 3 is 2.18 bits per heavy atom. The standard InChI is InChI=1S/C11H16N2O3S/c1-9-5-7-10(8-6-9)17(14,15)12-11(16-4)13(2)3/h5-8H,1-4H3/b12-11-. The van der Waals surface area contributed by atoms with Crippen molar-refractivity contribution >= 4 is 16.0 Å². The Balaban J connectivity index is 3.16. The van der Waals surface area contributed by atoms with Crippen LogP contribution in [-0.2, 0) is 14.8 Å². The van der Waals surface area contributed by atoms with E-state index in [2.05, 4.69) is 4.40 Å². The zero-order valence-electron chi connectivity index (χ0n) is 10.3. The molecule has 0 aliphatic heterocycles. The van der Waals surface area contributed by atoms with E-state index < -0.39 is 10.0 Å². The molecule has 6 heteroatoms. The van der Waals surface area contributed by atoms with Crippen molar-refractivity contribution in [3.63, 3.8) is 0 Å². The highest BCUT2D eigenvalue weighted by Crippen LogP contribution is 2.13. The lowest BCUT2D eigenvalue weighted by Crippen LogP contribution is -2.24. The molecule has 0 saturated heterocycles. The Kier molecular flexibility index (Phi) is 4.11. The van der Waals surface area contributed by atoms with Gasteiger partial charge in [0.1, 0.15) is 0 Å². The second-order valence-electron chi connectivity index (χ2n) is 3.76. The fraction of sp³-hybridized carbons (Fsp3) is 0.364. The molecule has 0 bridgehead atoms. The number of nitrogens with zero attached hydrogens (tertiary/aromatic N) is 2. The van der Waals surface area contributed by atoms with Gasteiger partial charge in [0.25, 0.3) is 10.0 Å². The van der Waals surface area contributed by atoms with Gasteiger partial charge in [0.15, 0.2) is 0 Å². The molecule has 94 valence electrons. The van der Waals surface area contributed by atoms with Gasteiger partial charge in [-0.15, -0.1) is 4.40 Å². The molecule has 0 atom stereocenters. The topological polar surface area (TPSA) is 59.0 Å². The fourth-order valence-corrected chi connectivity index (χ4v) is 2.20. The summed E-state index contributed by atoms with van der Waals surface area (Å²) in [6.45, 7) is 1.89. The quantitative estimate of drug-likeness (QED) is 0.590. The number of ether oxygens (including phenoxy) is 1. The van der Waals surface area contributed by atoms with Gasteiger partial charge in [-0.3, -0.25) is 0 Å². The van der Waals surface area contributed by atoms with Crippen LogP contribution in [0.25, 0.3) is 0 Å². The van der Waals surface area contributed by atoms with E-state index in [1.54, 1.807) is 26.2 Å². The Morgan fingerprint density at radius 1 is 1.24 bits per heavy atom. The second-order valence-corrected chi connectivity index (χ2v) is 5.36. The van der Waals surface area contributed by atoms with E-state index in [9.17, 15) is 8.42 Å². The molecule has 1 rings (SSSR count). The maximum absolute atomic E-state index is 11.9. The van der Waals surface area contributed by atoms with E-state index in [4.69, 9.17) is 4.74 Å². The van der Waals surface area contributed by atoms with Crippen molar-refractivity contribution in [3.8, 4) is 0 Å². The molecule has 0 heterocycles. The molecule has 0 aliphatic carbocycles. The van der Waals surface area contributed by atoms with Crippen LogP contribution in [0.4, 0.5) is 0 Å².